The first-order valence-electron chi connectivity index (χ1n) is 8.00. The van der Waals surface area contributed by atoms with Crippen LogP contribution in [0.2, 0.25) is 0 Å². The standard InChI is InChI=1S/C17H21FN2O3/c18-14-4-2-13(3-5-14)10-19-15(21)11-20-9-1-7-17(12-20)8-6-16(22)23-17/h2-5H,1,6-12H2,(H,19,21)/t17-/m0/s1. The van der Waals surface area contributed by atoms with Gasteiger partial charge in [-0.1, -0.05) is 12.1 Å². The van der Waals surface area contributed by atoms with E-state index in [1.165, 1.54) is 12.1 Å². The summed E-state index contributed by atoms with van der Waals surface area (Å²) >= 11 is 0. The second-order valence-electron chi connectivity index (χ2n) is 6.37. The molecule has 0 bridgehead atoms. The zero-order valence-electron chi connectivity index (χ0n) is 13.0. The molecule has 2 aliphatic heterocycles. The zero-order valence-corrected chi connectivity index (χ0v) is 13.0. The first kappa shape index (κ1) is 15.9. The van der Waals surface area contributed by atoms with Crippen molar-refractivity contribution in [3.8, 4) is 0 Å². The van der Waals surface area contributed by atoms with Gasteiger partial charge < -0.3 is 10.1 Å². The summed E-state index contributed by atoms with van der Waals surface area (Å²) in [5.41, 5.74) is 0.478. The number of carbonyl (C=O) groups is 2. The van der Waals surface area contributed by atoms with Gasteiger partial charge in [-0.3, -0.25) is 14.5 Å². The lowest BCUT2D eigenvalue weighted by atomic mass is 9.90. The predicted octanol–water partition coefficient (Wildman–Crippen LogP) is 1.61. The number of hydrogen-bond acceptors (Lipinski definition) is 4. The topological polar surface area (TPSA) is 58.6 Å². The Labute approximate surface area is 134 Å². The van der Waals surface area contributed by atoms with Gasteiger partial charge in [0.15, 0.2) is 0 Å². The molecule has 1 aromatic carbocycles. The van der Waals surface area contributed by atoms with Crippen LogP contribution in [0.4, 0.5) is 4.39 Å². The van der Waals surface area contributed by atoms with Crippen molar-refractivity contribution in [1.82, 2.24) is 10.2 Å². The van der Waals surface area contributed by atoms with E-state index in [9.17, 15) is 14.0 Å². The maximum Gasteiger partial charge on any atom is 0.306 e. The molecule has 1 spiro atoms. The maximum absolute atomic E-state index is 12.8. The number of rotatable bonds is 4. The second kappa shape index (κ2) is 6.66. The van der Waals surface area contributed by atoms with Gasteiger partial charge in [0.2, 0.25) is 5.91 Å². The van der Waals surface area contributed by atoms with E-state index in [0.717, 1.165) is 31.4 Å². The minimum atomic E-state index is -0.382. The van der Waals surface area contributed by atoms with Crippen molar-refractivity contribution in [2.75, 3.05) is 19.6 Å². The van der Waals surface area contributed by atoms with Crippen LogP contribution in [-0.2, 0) is 20.9 Å². The van der Waals surface area contributed by atoms with E-state index in [-0.39, 0.29) is 23.3 Å². The highest BCUT2D eigenvalue weighted by Crippen LogP contribution is 2.34. The molecule has 6 heteroatoms. The molecule has 0 unspecified atom stereocenters. The summed E-state index contributed by atoms with van der Waals surface area (Å²) in [7, 11) is 0. The van der Waals surface area contributed by atoms with Gasteiger partial charge in [0, 0.05) is 19.5 Å². The highest BCUT2D eigenvalue weighted by Gasteiger charge is 2.43. The normalized spacial score (nSPS) is 24.7. The number of benzene rings is 1. The number of piperidine rings is 1. The summed E-state index contributed by atoms with van der Waals surface area (Å²) in [6.07, 6.45) is 3.04. The number of amides is 1. The molecule has 0 saturated carbocycles. The third-order valence-corrected chi connectivity index (χ3v) is 4.50. The van der Waals surface area contributed by atoms with Crippen molar-refractivity contribution >= 4 is 11.9 Å². The van der Waals surface area contributed by atoms with Crippen LogP contribution in [0.5, 0.6) is 0 Å². The smallest absolute Gasteiger partial charge is 0.306 e. The number of halogens is 1. The van der Waals surface area contributed by atoms with Gasteiger partial charge >= 0.3 is 5.97 Å². The molecule has 2 aliphatic rings. The highest BCUT2D eigenvalue weighted by molar-refractivity contribution is 5.78. The molecule has 124 valence electrons. The number of likely N-dealkylation sites (tertiary alicyclic amines) is 1. The maximum atomic E-state index is 12.8. The molecule has 2 fully saturated rings. The number of nitrogens with one attached hydrogen (secondary N) is 1. The van der Waals surface area contributed by atoms with Gasteiger partial charge in [0.25, 0.3) is 0 Å². The van der Waals surface area contributed by atoms with E-state index in [2.05, 4.69) is 5.32 Å². The molecule has 1 atom stereocenters. The van der Waals surface area contributed by atoms with Crippen LogP contribution < -0.4 is 5.32 Å². The lowest BCUT2D eigenvalue weighted by Gasteiger charge is -2.38. The molecule has 0 radical (unpaired) electrons. The van der Waals surface area contributed by atoms with E-state index < -0.39 is 0 Å². The minimum absolute atomic E-state index is 0.0734. The lowest BCUT2D eigenvalue weighted by molar-refractivity contribution is -0.152. The fraction of sp³-hybridized carbons (Fsp3) is 0.529. The monoisotopic (exact) mass is 320 g/mol. The Morgan fingerprint density at radius 2 is 2.09 bits per heavy atom. The number of esters is 1. The molecule has 1 amide bonds. The van der Waals surface area contributed by atoms with Gasteiger partial charge in [0.1, 0.15) is 11.4 Å². The van der Waals surface area contributed by atoms with Crippen molar-refractivity contribution < 1.29 is 18.7 Å². The van der Waals surface area contributed by atoms with Crippen LogP contribution in [0.25, 0.3) is 0 Å². The summed E-state index contributed by atoms with van der Waals surface area (Å²) < 4.78 is 18.3. The van der Waals surface area contributed by atoms with Crippen LogP contribution in [0, 0.1) is 5.82 Å². The van der Waals surface area contributed by atoms with E-state index in [1.54, 1.807) is 12.1 Å². The molecule has 2 heterocycles. The molecule has 3 rings (SSSR count). The van der Waals surface area contributed by atoms with Gasteiger partial charge in [0.05, 0.1) is 6.54 Å². The average molecular weight is 320 g/mol. The highest BCUT2D eigenvalue weighted by atomic mass is 19.1. The Bertz CT molecular complexity index is 590. The molecular formula is C17H21FN2O3. The van der Waals surface area contributed by atoms with Crippen molar-refractivity contribution in [3.63, 3.8) is 0 Å². The quantitative estimate of drug-likeness (QED) is 0.857. The van der Waals surface area contributed by atoms with E-state index >= 15 is 0 Å². The Balaban J connectivity index is 1.47. The van der Waals surface area contributed by atoms with Gasteiger partial charge in [-0.2, -0.15) is 0 Å². The summed E-state index contributed by atoms with van der Waals surface area (Å²) in [5, 5.41) is 2.84. The first-order chi connectivity index (χ1) is 11.0. The number of nitrogens with zero attached hydrogens (tertiary/aromatic N) is 1. The average Bonchev–Trinajstić information content (AvgIpc) is 2.87. The van der Waals surface area contributed by atoms with Crippen LogP contribution in [0.1, 0.15) is 31.2 Å². The van der Waals surface area contributed by atoms with Gasteiger partial charge in [-0.25, -0.2) is 4.39 Å². The number of carbonyl (C=O) groups excluding carboxylic acids is 2. The molecular weight excluding hydrogens is 299 g/mol. The Hall–Kier alpha value is -1.95. The van der Waals surface area contributed by atoms with Gasteiger partial charge in [-0.15, -0.1) is 0 Å². The van der Waals surface area contributed by atoms with Crippen LogP contribution in [0.15, 0.2) is 24.3 Å². The van der Waals surface area contributed by atoms with E-state index in [4.69, 9.17) is 4.74 Å². The van der Waals surface area contributed by atoms with Crippen molar-refractivity contribution in [2.45, 2.75) is 37.8 Å². The van der Waals surface area contributed by atoms with Crippen LogP contribution in [0.3, 0.4) is 0 Å². The predicted molar refractivity (Wildman–Crippen MR) is 82.0 cm³/mol. The molecule has 1 N–H and O–H groups in total. The number of ether oxygens (including phenoxy) is 1. The van der Waals surface area contributed by atoms with Crippen molar-refractivity contribution in [2.24, 2.45) is 0 Å². The fourth-order valence-electron chi connectivity index (χ4n) is 3.35. The zero-order chi connectivity index (χ0) is 16.3. The Morgan fingerprint density at radius 1 is 1.30 bits per heavy atom. The fourth-order valence-corrected chi connectivity index (χ4v) is 3.35. The van der Waals surface area contributed by atoms with E-state index in [0.29, 0.717) is 26.1 Å². The van der Waals surface area contributed by atoms with E-state index in [1.807, 2.05) is 4.90 Å². The van der Waals surface area contributed by atoms with Crippen LogP contribution in [-0.4, -0.2) is 42.0 Å². The molecule has 5 nitrogen and oxygen atoms in total. The Kier molecular flexibility index (Phi) is 4.61. The molecule has 23 heavy (non-hydrogen) atoms. The second-order valence-corrected chi connectivity index (χ2v) is 6.37. The SMILES string of the molecule is O=C(CN1CCC[C@]2(CCC(=O)O2)C1)NCc1ccc(F)cc1. The van der Waals surface area contributed by atoms with Crippen molar-refractivity contribution in [1.29, 1.82) is 0 Å². The molecule has 2 saturated heterocycles. The summed E-state index contributed by atoms with van der Waals surface area (Å²) in [5.74, 6) is -0.492. The Morgan fingerprint density at radius 3 is 2.78 bits per heavy atom. The molecule has 0 aliphatic carbocycles. The summed E-state index contributed by atoms with van der Waals surface area (Å²) in [6, 6.07) is 6.07. The lowest BCUT2D eigenvalue weighted by Crippen LogP contribution is -2.50. The third kappa shape index (κ3) is 4.07. The summed E-state index contributed by atoms with van der Waals surface area (Å²) in [6.45, 7) is 2.14. The number of hydrogen-bond donors (Lipinski definition) is 1. The van der Waals surface area contributed by atoms with Crippen molar-refractivity contribution in [3.05, 3.63) is 35.6 Å². The largest absolute Gasteiger partial charge is 0.458 e. The summed E-state index contributed by atoms with van der Waals surface area (Å²) in [4.78, 5) is 25.5. The first-order valence-corrected chi connectivity index (χ1v) is 8.00. The molecule has 1 aromatic rings. The molecule has 0 aromatic heterocycles. The minimum Gasteiger partial charge on any atom is -0.458 e. The van der Waals surface area contributed by atoms with Gasteiger partial charge in [-0.05, 0) is 43.5 Å². The third-order valence-electron chi connectivity index (χ3n) is 4.50. The van der Waals surface area contributed by atoms with Crippen LogP contribution >= 0.6 is 0 Å².